The summed E-state index contributed by atoms with van der Waals surface area (Å²) >= 11 is 0. The number of rotatable bonds is 5. The van der Waals surface area contributed by atoms with E-state index < -0.39 is 0 Å². The second kappa shape index (κ2) is 5.24. The largest absolute Gasteiger partial charge is 0.493 e. The lowest BCUT2D eigenvalue weighted by Crippen LogP contribution is -2.13. The highest BCUT2D eigenvalue weighted by Crippen LogP contribution is 2.31. The zero-order valence-electron chi connectivity index (χ0n) is 9.04. The Balaban J connectivity index is 3.04. The van der Waals surface area contributed by atoms with Crippen molar-refractivity contribution in [2.75, 3.05) is 13.7 Å². The third-order valence-corrected chi connectivity index (χ3v) is 1.95. The summed E-state index contributed by atoms with van der Waals surface area (Å²) in [6.45, 7) is 2.50. The van der Waals surface area contributed by atoms with Gasteiger partial charge in [0.1, 0.15) is 0 Å². The molecule has 0 radical (unpaired) electrons. The van der Waals surface area contributed by atoms with E-state index in [9.17, 15) is 0 Å². The molecule has 0 saturated carbocycles. The highest BCUT2D eigenvalue weighted by atomic mass is 16.5. The first-order chi connectivity index (χ1) is 7.19. The minimum absolute atomic E-state index is 0.113. The van der Waals surface area contributed by atoms with E-state index in [1.807, 2.05) is 25.1 Å². The Labute approximate surface area is 89.5 Å². The average molecular weight is 208 g/mol. The number of nitrogens with two attached hydrogens (primary N) is 1. The molecule has 0 aliphatic carbocycles. The second-order valence-electron chi connectivity index (χ2n) is 3.08. The van der Waals surface area contributed by atoms with Crippen LogP contribution in [0.5, 0.6) is 11.5 Å². The topological polar surface area (TPSA) is 68.3 Å². The van der Waals surface area contributed by atoms with Crippen LogP contribution in [0, 0.1) is 5.41 Å². The van der Waals surface area contributed by atoms with Crippen LogP contribution in [0.4, 0.5) is 0 Å². The maximum atomic E-state index is 7.26. The lowest BCUT2D eigenvalue weighted by atomic mass is 10.1. The molecule has 4 heteroatoms. The van der Waals surface area contributed by atoms with Crippen LogP contribution in [0.25, 0.3) is 0 Å². The normalized spacial score (nSPS) is 9.73. The van der Waals surface area contributed by atoms with Crippen LogP contribution in [-0.2, 0) is 6.42 Å². The molecule has 0 spiro atoms. The van der Waals surface area contributed by atoms with E-state index in [-0.39, 0.29) is 5.84 Å². The molecule has 82 valence electrons. The SMILES string of the molecule is CCOc1cccc(CC(=N)N)c1OC. The highest BCUT2D eigenvalue weighted by molar-refractivity contribution is 5.80. The van der Waals surface area contributed by atoms with Crippen LogP contribution in [0.1, 0.15) is 12.5 Å². The Morgan fingerprint density at radius 1 is 1.47 bits per heavy atom. The van der Waals surface area contributed by atoms with Gasteiger partial charge in [0, 0.05) is 12.0 Å². The predicted octanol–water partition coefficient (Wildman–Crippen LogP) is 1.57. The van der Waals surface area contributed by atoms with E-state index in [0.717, 1.165) is 5.56 Å². The number of benzene rings is 1. The van der Waals surface area contributed by atoms with Gasteiger partial charge in [0.15, 0.2) is 11.5 Å². The van der Waals surface area contributed by atoms with Crippen molar-refractivity contribution in [2.45, 2.75) is 13.3 Å². The van der Waals surface area contributed by atoms with Crippen molar-refractivity contribution in [3.8, 4) is 11.5 Å². The van der Waals surface area contributed by atoms with Crippen LogP contribution in [-0.4, -0.2) is 19.6 Å². The molecule has 0 bridgehead atoms. The van der Waals surface area contributed by atoms with E-state index in [1.165, 1.54) is 0 Å². The number of methoxy groups -OCH3 is 1. The van der Waals surface area contributed by atoms with Gasteiger partial charge in [-0.15, -0.1) is 0 Å². The molecule has 0 unspecified atom stereocenters. The van der Waals surface area contributed by atoms with Gasteiger partial charge in [-0.3, -0.25) is 5.41 Å². The van der Waals surface area contributed by atoms with E-state index in [4.69, 9.17) is 20.6 Å². The maximum absolute atomic E-state index is 7.26. The highest BCUT2D eigenvalue weighted by Gasteiger charge is 2.10. The van der Waals surface area contributed by atoms with E-state index in [0.29, 0.717) is 24.5 Å². The smallest absolute Gasteiger partial charge is 0.164 e. The molecule has 1 aromatic carbocycles. The molecule has 0 fully saturated rings. The molecule has 0 amide bonds. The number of ether oxygens (including phenoxy) is 2. The van der Waals surface area contributed by atoms with E-state index >= 15 is 0 Å². The lowest BCUT2D eigenvalue weighted by Gasteiger charge is -2.12. The Hall–Kier alpha value is -1.71. The molecule has 3 N–H and O–H groups in total. The van der Waals surface area contributed by atoms with Crippen molar-refractivity contribution >= 4 is 5.84 Å². The van der Waals surface area contributed by atoms with Gasteiger partial charge in [-0.25, -0.2) is 0 Å². The molecule has 0 saturated heterocycles. The number of hydrogen-bond acceptors (Lipinski definition) is 3. The fourth-order valence-electron chi connectivity index (χ4n) is 1.41. The summed E-state index contributed by atoms with van der Waals surface area (Å²) < 4.78 is 10.7. The molecule has 1 aromatic rings. The fraction of sp³-hybridized carbons (Fsp3) is 0.364. The summed E-state index contributed by atoms with van der Waals surface area (Å²) in [5.74, 6) is 1.47. The number of amidine groups is 1. The number of nitrogens with one attached hydrogen (secondary N) is 1. The van der Waals surface area contributed by atoms with Gasteiger partial charge in [-0.1, -0.05) is 12.1 Å². The fourth-order valence-corrected chi connectivity index (χ4v) is 1.41. The Kier molecular flexibility index (Phi) is 3.97. The molecule has 1 rings (SSSR count). The summed E-state index contributed by atoms with van der Waals surface area (Å²) in [5.41, 5.74) is 6.23. The van der Waals surface area contributed by atoms with Crippen LogP contribution >= 0.6 is 0 Å². The molecular formula is C11H16N2O2. The standard InChI is InChI=1S/C11H16N2O2/c1-3-15-9-6-4-5-8(7-10(12)13)11(9)14-2/h4-6H,3,7H2,1-2H3,(H3,12,13). The first-order valence-corrected chi connectivity index (χ1v) is 4.80. The quantitative estimate of drug-likeness (QED) is 0.570. The first-order valence-electron chi connectivity index (χ1n) is 4.80. The molecule has 4 nitrogen and oxygen atoms in total. The Morgan fingerprint density at radius 3 is 2.73 bits per heavy atom. The van der Waals surface area contributed by atoms with Gasteiger partial charge < -0.3 is 15.2 Å². The van der Waals surface area contributed by atoms with Crippen LogP contribution < -0.4 is 15.2 Å². The van der Waals surface area contributed by atoms with Gasteiger partial charge in [-0.2, -0.15) is 0 Å². The zero-order chi connectivity index (χ0) is 11.3. The van der Waals surface area contributed by atoms with Gasteiger partial charge in [0.2, 0.25) is 0 Å². The minimum atomic E-state index is 0.113. The van der Waals surface area contributed by atoms with Crippen molar-refractivity contribution in [1.82, 2.24) is 0 Å². The predicted molar refractivity (Wildman–Crippen MR) is 59.8 cm³/mol. The molecule has 0 atom stereocenters. The van der Waals surface area contributed by atoms with Gasteiger partial charge in [0.05, 0.1) is 19.6 Å². The summed E-state index contributed by atoms with van der Waals surface area (Å²) in [6, 6.07) is 5.58. The van der Waals surface area contributed by atoms with Gasteiger partial charge >= 0.3 is 0 Å². The van der Waals surface area contributed by atoms with Crippen molar-refractivity contribution in [3.05, 3.63) is 23.8 Å². The van der Waals surface area contributed by atoms with Crippen molar-refractivity contribution < 1.29 is 9.47 Å². The van der Waals surface area contributed by atoms with Crippen LogP contribution in [0.3, 0.4) is 0 Å². The number of hydrogen-bond donors (Lipinski definition) is 2. The third kappa shape index (κ3) is 2.87. The van der Waals surface area contributed by atoms with Crippen LogP contribution in [0.15, 0.2) is 18.2 Å². The van der Waals surface area contributed by atoms with Gasteiger partial charge in [-0.05, 0) is 13.0 Å². The first kappa shape index (κ1) is 11.4. The van der Waals surface area contributed by atoms with Crippen molar-refractivity contribution in [3.63, 3.8) is 0 Å². The summed E-state index contributed by atoms with van der Waals surface area (Å²) in [4.78, 5) is 0. The van der Waals surface area contributed by atoms with E-state index in [1.54, 1.807) is 7.11 Å². The van der Waals surface area contributed by atoms with E-state index in [2.05, 4.69) is 0 Å². The van der Waals surface area contributed by atoms with Crippen molar-refractivity contribution in [2.24, 2.45) is 5.73 Å². The summed E-state index contributed by atoms with van der Waals surface area (Å²) in [5, 5.41) is 7.26. The third-order valence-electron chi connectivity index (χ3n) is 1.95. The monoisotopic (exact) mass is 208 g/mol. The molecule has 0 aliphatic rings. The molecular weight excluding hydrogens is 192 g/mol. The maximum Gasteiger partial charge on any atom is 0.164 e. The molecule has 15 heavy (non-hydrogen) atoms. The summed E-state index contributed by atoms with van der Waals surface area (Å²) in [6.07, 6.45) is 0.379. The van der Waals surface area contributed by atoms with Crippen LogP contribution in [0.2, 0.25) is 0 Å². The Bertz CT molecular complexity index is 350. The zero-order valence-corrected chi connectivity index (χ0v) is 9.04. The number of para-hydroxylation sites is 1. The average Bonchev–Trinajstić information content (AvgIpc) is 2.18. The minimum Gasteiger partial charge on any atom is -0.493 e. The molecule has 0 aromatic heterocycles. The van der Waals surface area contributed by atoms with Crippen molar-refractivity contribution in [1.29, 1.82) is 5.41 Å². The van der Waals surface area contributed by atoms with Gasteiger partial charge in [0.25, 0.3) is 0 Å². The molecule has 0 aliphatic heterocycles. The summed E-state index contributed by atoms with van der Waals surface area (Å²) in [7, 11) is 1.58. The lowest BCUT2D eigenvalue weighted by molar-refractivity contribution is 0.309. The second-order valence-corrected chi connectivity index (χ2v) is 3.08. The Morgan fingerprint density at radius 2 is 2.20 bits per heavy atom. The molecule has 0 heterocycles.